The summed E-state index contributed by atoms with van der Waals surface area (Å²) in [6.07, 6.45) is 0.461. The van der Waals surface area contributed by atoms with Gasteiger partial charge in [-0.3, -0.25) is 19.3 Å². The monoisotopic (exact) mass is 466 g/mol. The molecule has 0 spiro atoms. The molecule has 0 aromatic heterocycles. The molecule has 2 N–H and O–H groups in total. The Kier molecular flexibility index (Phi) is 7.64. The van der Waals surface area contributed by atoms with Crippen LogP contribution in [0, 0.1) is 0 Å². The highest BCUT2D eigenvalue weighted by atomic mass is 16.5. The average molecular weight is 467 g/mol. The molecule has 2 aromatic carbocycles. The predicted octanol–water partition coefficient (Wildman–Crippen LogP) is 1.75. The summed E-state index contributed by atoms with van der Waals surface area (Å²) in [6, 6.07) is 13.7. The van der Waals surface area contributed by atoms with E-state index < -0.39 is 6.04 Å². The maximum absolute atomic E-state index is 12.7. The van der Waals surface area contributed by atoms with Crippen molar-refractivity contribution in [3.05, 3.63) is 54.1 Å². The van der Waals surface area contributed by atoms with E-state index in [4.69, 9.17) is 9.47 Å². The number of nitrogens with zero attached hydrogens (tertiary/aromatic N) is 2. The number of methoxy groups -OCH3 is 1. The fourth-order valence-corrected chi connectivity index (χ4v) is 4.18. The van der Waals surface area contributed by atoms with E-state index in [1.54, 1.807) is 31.4 Å². The van der Waals surface area contributed by atoms with Crippen LogP contribution in [-0.2, 0) is 9.59 Å². The van der Waals surface area contributed by atoms with Crippen molar-refractivity contribution in [1.29, 1.82) is 0 Å². The van der Waals surface area contributed by atoms with Gasteiger partial charge in [-0.15, -0.1) is 0 Å². The number of rotatable bonds is 8. The second-order valence-corrected chi connectivity index (χ2v) is 8.32. The molecule has 9 nitrogen and oxygen atoms in total. The molecule has 0 bridgehead atoms. The summed E-state index contributed by atoms with van der Waals surface area (Å²) in [5.74, 6) is 0.812. The Morgan fingerprint density at radius 1 is 1.00 bits per heavy atom. The standard InChI is InChI=1S/C25H30N4O5/c1-33-21-8-4-5-9-22(21)34-17-16-28-12-14-29(15-13-28)23(30)11-10-20-25(32)26-19-7-3-2-6-18(19)24(31)27-20/h2-9,20H,10-17H2,1H3,(H,26,32)(H,27,31)/t20-/m0/s1. The van der Waals surface area contributed by atoms with Gasteiger partial charge in [0.15, 0.2) is 11.5 Å². The minimum absolute atomic E-state index is 0.00580. The van der Waals surface area contributed by atoms with Crippen LogP contribution in [0.4, 0.5) is 5.69 Å². The molecule has 2 aliphatic rings. The van der Waals surface area contributed by atoms with Crippen molar-refractivity contribution in [1.82, 2.24) is 15.1 Å². The lowest BCUT2D eigenvalue weighted by molar-refractivity contribution is -0.133. The fraction of sp³-hybridized carbons (Fsp3) is 0.400. The summed E-state index contributed by atoms with van der Waals surface area (Å²) in [6.45, 7) is 4.07. The molecule has 1 fully saturated rings. The van der Waals surface area contributed by atoms with Crippen LogP contribution in [0.25, 0.3) is 0 Å². The minimum atomic E-state index is -0.739. The second-order valence-electron chi connectivity index (χ2n) is 8.32. The van der Waals surface area contributed by atoms with Crippen LogP contribution in [0.3, 0.4) is 0 Å². The van der Waals surface area contributed by atoms with E-state index in [9.17, 15) is 14.4 Å². The van der Waals surface area contributed by atoms with E-state index in [-0.39, 0.29) is 30.6 Å². The van der Waals surface area contributed by atoms with E-state index in [0.717, 1.165) is 25.4 Å². The van der Waals surface area contributed by atoms with Gasteiger partial charge in [-0.2, -0.15) is 0 Å². The lowest BCUT2D eigenvalue weighted by Gasteiger charge is -2.34. The topological polar surface area (TPSA) is 100 Å². The molecular formula is C25H30N4O5. The van der Waals surface area contributed by atoms with Gasteiger partial charge in [0.2, 0.25) is 11.8 Å². The molecule has 0 saturated carbocycles. The molecule has 0 aliphatic carbocycles. The van der Waals surface area contributed by atoms with Crippen LogP contribution in [0.15, 0.2) is 48.5 Å². The maximum atomic E-state index is 12.7. The van der Waals surface area contributed by atoms with E-state index in [2.05, 4.69) is 15.5 Å². The quantitative estimate of drug-likeness (QED) is 0.615. The van der Waals surface area contributed by atoms with Crippen LogP contribution in [0.5, 0.6) is 11.5 Å². The lowest BCUT2D eigenvalue weighted by Crippen LogP contribution is -2.50. The summed E-state index contributed by atoms with van der Waals surface area (Å²) < 4.78 is 11.1. The van der Waals surface area contributed by atoms with Crippen molar-refractivity contribution in [2.24, 2.45) is 0 Å². The molecular weight excluding hydrogens is 436 g/mol. The molecule has 0 radical (unpaired) electrons. The lowest BCUT2D eigenvalue weighted by atomic mass is 10.1. The van der Waals surface area contributed by atoms with Crippen molar-refractivity contribution in [3.63, 3.8) is 0 Å². The molecule has 4 rings (SSSR count). The Hall–Kier alpha value is -3.59. The molecule has 3 amide bonds. The Labute approximate surface area is 199 Å². The SMILES string of the molecule is COc1ccccc1OCCN1CCN(C(=O)CC[C@@H]2NC(=O)c3ccccc3NC2=O)CC1. The first-order chi connectivity index (χ1) is 16.5. The van der Waals surface area contributed by atoms with Gasteiger partial charge in [-0.05, 0) is 30.7 Å². The van der Waals surface area contributed by atoms with Gasteiger partial charge in [-0.1, -0.05) is 24.3 Å². The van der Waals surface area contributed by atoms with Gasteiger partial charge < -0.3 is 25.0 Å². The predicted molar refractivity (Wildman–Crippen MR) is 127 cm³/mol. The molecule has 180 valence electrons. The first-order valence-corrected chi connectivity index (χ1v) is 11.5. The summed E-state index contributed by atoms with van der Waals surface area (Å²) in [5.41, 5.74) is 0.917. The fourth-order valence-electron chi connectivity index (χ4n) is 4.18. The van der Waals surface area contributed by atoms with E-state index >= 15 is 0 Å². The van der Waals surface area contributed by atoms with Crippen molar-refractivity contribution >= 4 is 23.4 Å². The van der Waals surface area contributed by atoms with Crippen molar-refractivity contribution in [3.8, 4) is 11.5 Å². The third-order valence-corrected chi connectivity index (χ3v) is 6.16. The van der Waals surface area contributed by atoms with E-state index in [1.807, 2.05) is 29.2 Å². The summed E-state index contributed by atoms with van der Waals surface area (Å²) in [5, 5.41) is 5.52. The highest BCUT2D eigenvalue weighted by molar-refractivity contribution is 6.09. The molecule has 2 aliphatic heterocycles. The third kappa shape index (κ3) is 5.66. The third-order valence-electron chi connectivity index (χ3n) is 6.16. The van der Waals surface area contributed by atoms with Gasteiger partial charge in [0.1, 0.15) is 12.6 Å². The molecule has 2 heterocycles. The smallest absolute Gasteiger partial charge is 0.254 e. The zero-order valence-corrected chi connectivity index (χ0v) is 19.3. The first-order valence-electron chi connectivity index (χ1n) is 11.5. The number of ether oxygens (including phenoxy) is 2. The van der Waals surface area contributed by atoms with Crippen LogP contribution in [0.1, 0.15) is 23.2 Å². The summed E-state index contributed by atoms with van der Waals surface area (Å²) in [4.78, 5) is 41.8. The van der Waals surface area contributed by atoms with Gasteiger partial charge in [0.05, 0.1) is 18.4 Å². The largest absolute Gasteiger partial charge is 0.493 e. The van der Waals surface area contributed by atoms with Crippen LogP contribution >= 0.6 is 0 Å². The number of fused-ring (bicyclic) bond motifs is 1. The zero-order chi connectivity index (χ0) is 23.9. The summed E-state index contributed by atoms with van der Waals surface area (Å²) >= 11 is 0. The van der Waals surface area contributed by atoms with Crippen molar-refractivity contribution in [2.45, 2.75) is 18.9 Å². The number of carbonyl (C=O) groups excluding carboxylic acids is 3. The number of anilines is 1. The summed E-state index contributed by atoms with van der Waals surface area (Å²) in [7, 11) is 1.62. The molecule has 1 saturated heterocycles. The van der Waals surface area contributed by atoms with Crippen molar-refractivity contribution < 1.29 is 23.9 Å². The maximum Gasteiger partial charge on any atom is 0.254 e. The molecule has 9 heteroatoms. The number of hydrogen-bond donors (Lipinski definition) is 2. The Morgan fingerprint density at radius 2 is 1.71 bits per heavy atom. The van der Waals surface area contributed by atoms with E-state index in [0.29, 0.717) is 36.7 Å². The molecule has 2 aromatic rings. The number of para-hydroxylation sites is 3. The number of benzene rings is 2. The Morgan fingerprint density at radius 3 is 2.47 bits per heavy atom. The van der Waals surface area contributed by atoms with Crippen LogP contribution in [-0.4, -0.2) is 80.0 Å². The van der Waals surface area contributed by atoms with Crippen LogP contribution in [0.2, 0.25) is 0 Å². The van der Waals surface area contributed by atoms with Gasteiger partial charge in [-0.25, -0.2) is 0 Å². The van der Waals surface area contributed by atoms with E-state index in [1.165, 1.54) is 0 Å². The first kappa shape index (κ1) is 23.6. The molecule has 1 atom stereocenters. The minimum Gasteiger partial charge on any atom is -0.493 e. The number of piperazine rings is 1. The molecule has 34 heavy (non-hydrogen) atoms. The second kappa shape index (κ2) is 11.0. The normalized spacial score (nSPS) is 18.4. The number of hydrogen-bond acceptors (Lipinski definition) is 6. The number of amides is 3. The zero-order valence-electron chi connectivity index (χ0n) is 19.3. The highest BCUT2D eigenvalue weighted by Gasteiger charge is 2.29. The Balaban J connectivity index is 1.19. The number of nitrogens with one attached hydrogen (secondary N) is 2. The Bertz CT molecular complexity index is 1040. The average Bonchev–Trinajstić information content (AvgIpc) is 2.98. The van der Waals surface area contributed by atoms with Gasteiger partial charge in [0, 0.05) is 39.1 Å². The van der Waals surface area contributed by atoms with Gasteiger partial charge in [0.25, 0.3) is 5.91 Å². The van der Waals surface area contributed by atoms with Crippen LogP contribution < -0.4 is 20.1 Å². The molecule has 0 unspecified atom stereocenters. The van der Waals surface area contributed by atoms with Crippen molar-refractivity contribution in [2.75, 3.05) is 51.8 Å². The highest BCUT2D eigenvalue weighted by Crippen LogP contribution is 2.25. The van der Waals surface area contributed by atoms with Gasteiger partial charge >= 0.3 is 0 Å². The number of carbonyl (C=O) groups is 3.